The van der Waals surface area contributed by atoms with Crippen LogP contribution in [0.15, 0.2) is 4.52 Å². The largest absolute Gasteiger partial charge is 0.467 e. The summed E-state index contributed by atoms with van der Waals surface area (Å²) in [5, 5.41) is 16.0. The zero-order valence-electron chi connectivity index (χ0n) is 10.5. The van der Waals surface area contributed by atoms with E-state index < -0.39 is 5.60 Å². The third kappa shape index (κ3) is 3.20. The normalized spacial score (nSPS) is 14.2. The number of aromatic nitrogens is 1. The zero-order valence-corrected chi connectivity index (χ0v) is 10.5. The molecular formula is C11H18N2O4. The van der Waals surface area contributed by atoms with Crippen LogP contribution in [0.1, 0.15) is 36.3 Å². The lowest BCUT2D eigenvalue weighted by molar-refractivity contribution is 0.0515. The van der Waals surface area contributed by atoms with Crippen molar-refractivity contribution in [1.29, 1.82) is 0 Å². The Hall–Kier alpha value is -1.56. The molecule has 0 spiro atoms. The second-order valence-electron chi connectivity index (χ2n) is 4.18. The Morgan fingerprint density at radius 2 is 2.29 bits per heavy atom. The number of amides is 1. The first-order valence-corrected chi connectivity index (χ1v) is 5.42. The summed E-state index contributed by atoms with van der Waals surface area (Å²) in [6.45, 7) is 5.35. The van der Waals surface area contributed by atoms with E-state index in [9.17, 15) is 9.90 Å². The third-order valence-corrected chi connectivity index (χ3v) is 2.67. The molecule has 0 saturated carbocycles. The summed E-state index contributed by atoms with van der Waals surface area (Å²) in [5.74, 6) is -0.166. The molecule has 1 aromatic rings. The zero-order chi connectivity index (χ0) is 13.1. The van der Waals surface area contributed by atoms with Gasteiger partial charge in [0.05, 0.1) is 18.3 Å². The van der Waals surface area contributed by atoms with E-state index in [0.717, 1.165) is 0 Å². The van der Waals surface area contributed by atoms with Crippen molar-refractivity contribution >= 4 is 5.91 Å². The first kappa shape index (κ1) is 13.5. The van der Waals surface area contributed by atoms with Gasteiger partial charge in [0.25, 0.3) is 5.91 Å². The van der Waals surface area contributed by atoms with Crippen molar-refractivity contribution in [3.63, 3.8) is 0 Å². The van der Waals surface area contributed by atoms with E-state index in [1.807, 2.05) is 6.92 Å². The summed E-state index contributed by atoms with van der Waals surface area (Å²) in [4.78, 5) is 11.8. The number of nitrogens with zero attached hydrogens (tertiary/aromatic N) is 1. The minimum Gasteiger partial charge on any atom is -0.467 e. The maximum absolute atomic E-state index is 11.8. The SMILES string of the molecule is CCC(C)(O)CNC(=O)c1noc(OC)c1C. The van der Waals surface area contributed by atoms with Gasteiger partial charge in [-0.25, -0.2) is 0 Å². The van der Waals surface area contributed by atoms with Crippen molar-refractivity contribution in [2.75, 3.05) is 13.7 Å². The Morgan fingerprint density at radius 1 is 1.65 bits per heavy atom. The molecule has 0 radical (unpaired) electrons. The molecule has 1 unspecified atom stereocenters. The third-order valence-electron chi connectivity index (χ3n) is 2.67. The van der Waals surface area contributed by atoms with E-state index in [1.165, 1.54) is 7.11 Å². The fourth-order valence-corrected chi connectivity index (χ4v) is 1.20. The topological polar surface area (TPSA) is 84.6 Å². The fourth-order valence-electron chi connectivity index (χ4n) is 1.20. The molecule has 1 rings (SSSR count). The molecule has 6 heteroatoms. The molecule has 2 N–H and O–H groups in total. The van der Waals surface area contributed by atoms with Crippen molar-refractivity contribution < 1.29 is 19.2 Å². The van der Waals surface area contributed by atoms with Gasteiger partial charge in [0, 0.05) is 6.54 Å². The first-order valence-electron chi connectivity index (χ1n) is 5.42. The number of ether oxygens (including phenoxy) is 1. The average molecular weight is 242 g/mol. The van der Waals surface area contributed by atoms with E-state index in [0.29, 0.717) is 12.0 Å². The quantitative estimate of drug-likeness (QED) is 0.800. The van der Waals surface area contributed by atoms with Crippen LogP contribution < -0.4 is 10.1 Å². The lowest BCUT2D eigenvalue weighted by Crippen LogP contribution is -2.40. The van der Waals surface area contributed by atoms with Crippen molar-refractivity contribution in [2.24, 2.45) is 0 Å². The molecule has 0 aliphatic carbocycles. The van der Waals surface area contributed by atoms with Crippen LogP contribution >= 0.6 is 0 Å². The highest BCUT2D eigenvalue weighted by molar-refractivity contribution is 5.93. The molecule has 0 aliphatic rings. The van der Waals surface area contributed by atoms with Crippen LogP contribution in [0.2, 0.25) is 0 Å². The van der Waals surface area contributed by atoms with E-state index in [1.54, 1.807) is 13.8 Å². The molecule has 0 fully saturated rings. The standard InChI is InChI=1S/C11H18N2O4/c1-5-11(3,15)6-12-9(14)8-7(2)10(16-4)17-13-8/h15H,5-6H2,1-4H3,(H,12,14). The van der Waals surface area contributed by atoms with Gasteiger partial charge in [-0.2, -0.15) is 0 Å². The molecule has 17 heavy (non-hydrogen) atoms. The summed E-state index contributed by atoms with van der Waals surface area (Å²) in [5.41, 5.74) is -0.202. The van der Waals surface area contributed by atoms with Crippen LogP contribution in [0.4, 0.5) is 0 Å². The Labute approximate surface area is 99.9 Å². The molecule has 6 nitrogen and oxygen atoms in total. The van der Waals surface area contributed by atoms with Crippen molar-refractivity contribution in [3.05, 3.63) is 11.3 Å². The Bertz CT molecular complexity index is 398. The number of rotatable bonds is 5. The van der Waals surface area contributed by atoms with Crippen LogP contribution in [0, 0.1) is 6.92 Å². The highest BCUT2D eigenvalue weighted by Gasteiger charge is 2.23. The van der Waals surface area contributed by atoms with Gasteiger partial charge in [-0.3, -0.25) is 4.79 Å². The molecule has 0 saturated heterocycles. The van der Waals surface area contributed by atoms with Gasteiger partial charge in [-0.1, -0.05) is 12.1 Å². The minimum absolute atomic E-state index is 0.164. The predicted octanol–water partition coefficient (Wildman–Crippen LogP) is 0.882. The Morgan fingerprint density at radius 3 is 2.76 bits per heavy atom. The van der Waals surface area contributed by atoms with E-state index in [4.69, 9.17) is 9.26 Å². The van der Waals surface area contributed by atoms with E-state index in [-0.39, 0.29) is 24.1 Å². The van der Waals surface area contributed by atoms with Crippen molar-refractivity contribution in [3.8, 4) is 5.95 Å². The predicted molar refractivity (Wildman–Crippen MR) is 61.0 cm³/mol. The van der Waals surface area contributed by atoms with Gasteiger partial charge in [-0.05, 0) is 20.3 Å². The number of nitrogens with one attached hydrogen (secondary N) is 1. The van der Waals surface area contributed by atoms with Crippen molar-refractivity contribution in [2.45, 2.75) is 32.8 Å². The van der Waals surface area contributed by atoms with Crippen molar-refractivity contribution in [1.82, 2.24) is 10.5 Å². The summed E-state index contributed by atoms with van der Waals surface area (Å²) in [6.07, 6.45) is 0.550. The lowest BCUT2D eigenvalue weighted by atomic mass is 10.0. The van der Waals surface area contributed by atoms with Gasteiger partial charge >= 0.3 is 5.95 Å². The number of carbonyl (C=O) groups is 1. The maximum atomic E-state index is 11.8. The molecule has 0 aromatic carbocycles. The summed E-state index contributed by atoms with van der Waals surface area (Å²) < 4.78 is 9.71. The molecule has 96 valence electrons. The summed E-state index contributed by atoms with van der Waals surface area (Å²) in [6, 6.07) is 0. The van der Waals surface area contributed by atoms with Crippen LogP contribution in [0.25, 0.3) is 0 Å². The molecule has 1 aromatic heterocycles. The number of carbonyl (C=O) groups excluding carboxylic acids is 1. The van der Waals surface area contributed by atoms with Gasteiger partial charge in [0.1, 0.15) is 0 Å². The van der Waals surface area contributed by atoms with Crippen LogP contribution in [0.5, 0.6) is 5.95 Å². The molecule has 0 aliphatic heterocycles. The molecular weight excluding hydrogens is 224 g/mol. The summed E-state index contributed by atoms with van der Waals surface area (Å²) >= 11 is 0. The highest BCUT2D eigenvalue weighted by Crippen LogP contribution is 2.20. The minimum atomic E-state index is -0.919. The lowest BCUT2D eigenvalue weighted by Gasteiger charge is -2.21. The monoisotopic (exact) mass is 242 g/mol. The van der Waals surface area contributed by atoms with Gasteiger partial charge < -0.3 is 19.7 Å². The summed E-state index contributed by atoms with van der Waals surface area (Å²) in [7, 11) is 1.44. The average Bonchev–Trinajstić information content (AvgIpc) is 2.67. The highest BCUT2D eigenvalue weighted by atomic mass is 16.6. The number of aliphatic hydroxyl groups is 1. The van der Waals surface area contributed by atoms with Crippen LogP contribution in [-0.4, -0.2) is 35.4 Å². The molecule has 1 atom stereocenters. The molecule has 1 amide bonds. The Kier molecular flexibility index (Phi) is 4.11. The van der Waals surface area contributed by atoms with E-state index >= 15 is 0 Å². The number of hydrogen-bond acceptors (Lipinski definition) is 5. The maximum Gasteiger partial charge on any atom is 0.314 e. The smallest absolute Gasteiger partial charge is 0.314 e. The van der Waals surface area contributed by atoms with Gasteiger partial charge in [0.2, 0.25) is 0 Å². The van der Waals surface area contributed by atoms with Gasteiger partial charge in [-0.15, -0.1) is 0 Å². The first-order chi connectivity index (χ1) is 7.91. The van der Waals surface area contributed by atoms with Gasteiger partial charge in [0.15, 0.2) is 5.69 Å². The molecule has 0 bridgehead atoms. The fraction of sp³-hybridized carbons (Fsp3) is 0.636. The molecule has 1 heterocycles. The number of methoxy groups -OCH3 is 1. The number of hydrogen-bond donors (Lipinski definition) is 2. The van der Waals surface area contributed by atoms with E-state index in [2.05, 4.69) is 10.5 Å². The second-order valence-corrected chi connectivity index (χ2v) is 4.18. The Balaban J connectivity index is 2.67. The second kappa shape index (κ2) is 5.18. The van der Waals surface area contributed by atoms with Crippen LogP contribution in [0.3, 0.4) is 0 Å². The van der Waals surface area contributed by atoms with Crippen LogP contribution in [-0.2, 0) is 0 Å².